The lowest BCUT2D eigenvalue weighted by molar-refractivity contribution is -0.123. The number of benzene rings is 4. The van der Waals surface area contributed by atoms with E-state index in [0.717, 1.165) is 22.3 Å². The quantitative estimate of drug-likeness (QED) is 0.0983. The van der Waals surface area contributed by atoms with Crippen molar-refractivity contribution in [3.8, 4) is 0 Å². The largest absolute Gasteiger partial charge is 0.445 e. The van der Waals surface area contributed by atoms with Crippen LogP contribution in [0.5, 0.6) is 0 Å². The Labute approximate surface area is 293 Å². The van der Waals surface area contributed by atoms with Gasteiger partial charge < -0.3 is 30.8 Å². The fourth-order valence-electron chi connectivity index (χ4n) is 5.41. The van der Waals surface area contributed by atoms with Crippen LogP contribution in [0.1, 0.15) is 42.5 Å². The molecule has 0 aliphatic heterocycles. The third-order valence-electron chi connectivity index (χ3n) is 8.06. The second kappa shape index (κ2) is 19.3. The summed E-state index contributed by atoms with van der Waals surface area (Å²) in [6.45, 7) is 3.60. The number of ether oxygens (including phenoxy) is 2. The summed E-state index contributed by atoms with van der Waals surface area (Å²) in [5, 5.41) is 17.0. The van der Waals surface area contributed by atoms with Gasteiger partial charge >= 0.3 is 12.2 Å². The zero-order valence-electron chi connectivity index (χ0n) is 28.3. The molecule has 0 fully saturated rings. The SMILES string of the molecule is CC(CC(C)C(=N)C(=O)C(Cc1ccccc1)NC(=O)OCc1ccccc1)NC(=O)C(Cc1ccccc1)NC(=O)OCc1ccccc1. The highest BCUT2D eigenvalue weighted by Gasteiger charge is 2.30. The summed E-state index contributed by atoms with van der Waals surface area (Å²) < 4.78 is 10.7. The van der Waals surface area contributed by atoms with Gasteiger partial charge in [0, 0.05) is 24.8 Å². The third kappa shape index (κ3) is 12.4. The molecule has 0 spiro atoms. The maximum atomic E-state index is 13.7. The van der Waals surface area contributed by atoms with Gasteiger partial charge in [-0.15, -0.1) is 0 Å². The van der Waals surface area contributed by atoms with Gasteiger partial charge in [0.2, 0.25) is 5.91 Å². The van der Waals surface area contributed by atoms with E-state index in [-0.39, 0.29) is 38.2 Å². The Bertz CT molecular complexity index is 1690. The number of amides is 3. The van der Waals surface area contributed by atoms with Gasteiger partial charge in [-0.1, -0.05) is 128 Å². The smallest absolute Gasteiger partial charge is 0.408 e. The standard InChI is InChI=1S/C40H44N4O6/c1-28(36(41)37(45)34(24-30-15-7-3-8-16-30)43-39(47)49-26-32-19-11-5-12-20-32)23-29(2)42-38(46)35(25-31-17-9-4-10-18-31)44-40(48)50-27-33-21-13-6-14-22-33/h3-22,28-29,34-35,41H,23-27H2,1-2H3,(H,42,46)(H,43,47)(H,44,48). The molecule has 0 heterocycles. The second-order valence-corrected chi connectivity index (χ2v) is 12.2. The fraction of sp³-hybridized carbons (Fsp3) is 0.275. The summed E-state index contributed by atoms with van der Waals surface area (Å²) >= 11 is 0. The van der Waals surface area contributed by atoms with Crippen LogP contribution in [-0.4, -0.2) is 47.7 Å². The average molecular weight is 677 g/mol. The molecule has 10 heteroatoms. The number of ketones is 1. The van der Waals surface area contributed by atoms with Crippen molar-refractivity contribution in [1.82, 2.24) is 16.0 Å². The molecule has 50 heavy (non-hydrogen) atoms. The van der Waals surface area contributed by atoms with Crippen LogP contribution in [0.2, 0.25) is 0 Å². The monoisotopic (exact) mass is 676 g/mol. The van der Waals surface area contributed by atoms with Crippen LogP contribution in [-0.2, 0) is 45.1 Å². The maximum absolute atomic E-state index is 13.7. The van der Waals surface area contributed by atoms with E-state index in [2.05, 4.69) is 16.0 Å². The Kier molecular flexibility index (Phi) is 14.3. The summed E-state index contributed by atoms with van der Waals surface area (Å²) in [5.41, 5.74) is 3.10. The Morgan fingerprint density at radius 2 is 0.940 bits per heavy atom. The first-order valence-corrected chi connectivity index (χ1v) is 16.6. The molecule has 10 nitrogen and oxygen atoms in total. The van der Waals surface area contributed by atoms with Crippen molar-refractivity contribution in [3.63, 3.8) is 0 Å². The first kappa shape index (κ1) is 37.1. The molecule has 4 N–H and O–H groups in total. The van der Waals surface area contributed by atoms with Gasteiger partial charge in [-0.25, -0.2) is 9.59 Å². The van der Waals surface area contributed by atoms with Gasteiger partial charge in [0.05, 0.1) is 5.71 Å². The van der Waals surface area contributed by atoms with Gasteiger partial charge in [0.1, 0.15) is 25.3 Å². The summed E-state index contributed by atoms with van der Waals surface area (Å²) in [4.78, 5) is 52.6. The van der Waals surface area contributed by atoms with E-state index in [1.165, 1.54) is 0 Å². The van der Waals surface area contributed by atoms with Crippen LogP contribution in [0, 0.1) is 11.3 Å². The Morgan fingerprint density at radius 3 is 1.38 bits per heavy atom. The molecule has 0 bridgehead atoms. The topological polar surface area (TPSA) is 147 Å². The fourth-order valence-corrected chi connectivity index (χ4v) is 5.41. The van der Waals surface area contributed by atoms with E-state index < -0.39 is 47.9 Å². The highest BCUT2D eigenvalue weighted by atomic mass is 16.6. The first-order chi connectivity index (χ1) is 24.2. The van der Waals surface area contributed by atoms with E-state index in [1.54, 1.807) is 13.8 Å². The lowest BCUT2D eigenvalue weighted by atomic mass is 9.90. The number of hydrogen-bond donors (Lipinski definition) is 4. The lowest BCUT2D eigenvalue weighted by Crippen LogP contribution is -2.51. The number of rotatable bonds is 17. The molecular formula is C40H44N4O6. The molecule has 0 aliphatic carbocycles. The molecule has 4 aromatic rings. The van der Waals surface area contributed by atoms with Crippen LogP contribution in [0.3, 0.4) is 0 Å². The molecule has 0 saturated carbocycles. The normalized spacial score (nSPS) is 13.1. The van der Waals surface area contributed by atoms with Crippen LogP contribution in [0.25, 0.3) is 0 Å². The summed E-state index contributed by atoms with van der Waals surface area (Å²) in [6.07, 6.45) is -0.810. The van der Waals surface area contributed by atoms with Crippen LogP contribution in [0.4, 0.5) is 9.59 Å². The minimum Gasteiger partial charge on any atom is -0.445 e. The molecule has 4 rings (SSSR count). The molecular weight excluding hydrogens is 632 g/mol. The molecule has 260 valence electrons. The highest BCUT2D eigenvalue weighted by Crippen LogP contribution is 2.14. The number of carbonyl (C=O) groups is 4. The lowest BCUT2D eigenvalue weighted by Gasteiger charge is -2.24. The predicted molar refractivity (Wildman–Crippen MR) is 192 cm³/mol. The molecule has 4 unspecified atom stereocenters. The van der Waals surface area contributed by atoms with Crippen molar-refractivity contribution in [1.29, 1.82) is 5.41 Å². The number of carbonyl (C=O) groups excluding carboxylic acids is 4. The summed E-state index contributed by atoms with van der Waals surface area (Å²) in [7, 11) is 0. The van der Waals surface area contributed by atoms with E-state index in [1.807, 2.05) is 121 Å². The highest BCUT2D eigenvalue weighted by molar-refractivity contribution is 6.41. The van der Waals surface area contributed by atoms with E-state index in [4.69, 9.17) is 14.9 Å². The van der Waals surface area contributed by atoms with Crippen molar-refractivity contribution in [2.45, 2.75) is 64.4 Å². The van der Waals surface area contributed by atoms with Gasteiger partial charge in [-0.05, 0) is 35.6 Å². The van der Waals surface area contributed by atoms with Crippen molar-refractivity contribution in [3.05, 3.63) is 144 Å². The molecule has 0 aromatic heterocycles. The maximum Gasteiger partial charge on any atom is 0.408 e. The van der Waals surface area contributed by atoms with Gasteiger partial charge in [0.25, 0.3) is 0 Å². The van der Waals surface area contributed by atoms with Crippen molar-refractivity contribution < 1.29 is 28.7 Å². The molecule has 0 saturated heterocycles. The van der Waals surface area contributed by atoms with Crippen LogP contribution in [0.15, 0.2) is 121 Å². The van der Waals surface area contributed by atoms with E-state index in [0.29, 0.717) is 0 Å². The molecule has 4 atom stereocenters. The number of nitrogens with one attached hydrogen (secondary N) is 4. The van der Waals surface area contributed by atoms with Crippen molar-refractivity contribution in [2.24, 2.45) is 5.92 Å². The van der Waals surface area contributed by atoms with Gasteiger partial charge in [-0.2, -0.15) is 0 Å². The molecule has 4 aromatic carbocycles. The van der Waals surface area contributed by atoms with Crippen molar-refractivity contribution in [2.75, 3.05) is 0 Å². The number of alkyl carbamates (subject to hydrolysis) is 2. The second-order valence-electron chi connectivity index (χ2n) is 12.2. The average Bonchev–Trinajstić information content (AvgIpc) is 3.13. The summed E-state index contributed by atoms with van der Waals surface area (Å²) in [6, 6.07) is 34.6. The van der Waals surface area contributed by atoms with Crippen LogP contribution < -0.4 is 16.0 Å². The minimum absolute atomic E-state index is 0.0366. The zero-order valence-corrected chi connectivity index (χ0v) is 28.3. The third-order valence-corrected chi connectivity index (χ3v) is 8.06. The minimum atomic E-state index is -1.03. The number of hydrogen-bond acceptors (Lipinski definition) is 7. The van der Waals surface area contributed by atoms with Crippen molar-refractivity contribution >= 4 is 29.6 Å². The zero-order chi connectivity index (χ0) is 35.7. The Balaban J connectivity index is 1.36. The van der Waals surface area contributed by atoms with Gasteiger partial charge in [0.15, 0.2) is 5.78 Å². The number of Topliss-reactive ketones (excluding diaryl/α,β-unsaturated/α-hetero) is 1. The molecule has 0 radical (unpaired) electrons. The molecule has 0 aliphatic rings. The van der Waals surface area contributed by atoms with E-state index >= 15 is 0 Å². The molecule has 3 amide bonds. The van der Waals surface area contributed by atoms with E-state index in [9.17, 15) is 19.2 Å². The Hall–Kier alpha value is -5.77. The predicted octanol–water partition coefficient (Wildman–Crippen LogP) is 6.18. The first-order valence-electron chi connectivity index (χ1n) is 16.6. The van der Waals surface area contributed by atoms with Crippen LogP contribution >= 0.6 is 0 Å². The van der Waals surface area contributed by atoms with Gasteiger partial charge in [-0.3, -0.25) is 9.59 Å². The summed E-state index contributed by atoms with van der Waals surface area (Å²) in [5.74, 6) is -1.52. The Morgan fingerprint density at radius 1 is 0.560 bits per heavy atom.